The number of benzene rings is 7. The van der Waals surface area contributed by atoms with Gasteiger partial charge in [-0.2, -0.15) is 0 Å². The van der Waals surface area contributed by atoms with Gasteiger partial charge in [0.2, 0.25) is 0 Å². The van der Waals surface area contributed by atoms with Crippen LogP contribution in [0.3, 0.4) is 0 Å². The summed E-state index contributed by atoms with van der Waals surface area (Å²) < 4.78 is 0. The normalized spacial score (nSPS) is 13.5. The first-order chi connectivity index (χ1) is 22.7. The van der Waals surface area contributed by atoms with Crippen LogP contribution in [-0.4, -0.2) is 5.78 Å². The Morgan fingerprint density at radius 3 is 1.43 bits per heavy atom. The first kappa shape index (κ1) is 27.6. The van der Waals surface area contributed by atoms with Gasteiger partial charge < -0.3 is 4.90 Å². The lowest BCUT2D eigenvalue weighted by Crippen LogP contribution is -2.20. The lowest BCUT2D eigenvalue weighted by molar-refractivity contribution is 0.0972. The van der Waals surface area contributed by atoms with E-state index in [-0.39, 0.29) is 11.7 Å². The highest BCUT2D eigenvalue weighted by Gasteiger charge is 2.33. The van der Waals surface area contributed by atoms with E-state index >= 15 is 0 Å². The van der Waals surface area contributed by atoms with Gasteiger partial charge in [0.05, 0.1) is 5.92 Å². The van der Waals surface area contributed by atoms with Gasteiger partial charge in [0, 0.05) is 22.6 Å². The Morgan fingerprint density at radius 2 is 0.848 bits per heavy atom. The van der Waals surface area contributed by atoms with E-state index in [1.165, 1.54) is 11.1 Å². The van der Waals surface area contributed by atoms with Crippen LogP contribution in [0.25, 0.3) is 33.4 Å². The predicted octanol–water partition coefficient (Wildman–Crippen LogP) is 11.5. The van der Waals surface area contributed by atoms with Crippen molar-refractivity contribution in [1.29, 1.82) is 0 Å². The summed E-state index contributed by atoms with van der Waals surface area (Å²) in [5.41, 5.74) is 12.8. The highest BCUT2D eigenvalue weighted by Crippen LogP contribution is 2.44. The number of nitrogens with zero attached hydrogens (tertiary/aromatic N) is 1. The molecule has 0 aliphatic heterocycles. The van der Waals surface area contributed by atoms with Crippen molar-refractivity contribution in [2.75, 3.05) is 4.90 Å². The quantitative estimate of drug-likeness (QED) is 0.192. The Labute approximate surface area is 269 Å². The predicted molar refractivity (Wildman–Crippen MR) is 190 cm³/mol. The fourth-order valence-electron chi connectivity index (χ4n) is 6.73. The van der Waals surface area contributed by atoms with Gasteiger partial charge in [-0.1, -0.05) is 146 Å². The smallest absolute Gasteiger partial charge is 0.175 e. The van der Waals surface area contributed by atoms with Crippen LogP contribution in [0.1, 0.15) is 27.4 Å². The zero-order valence-electron chi connectivity index (χ0n) is 25.3. The Kier molecular flexibility index (Phi) is 7.09. The number of anilines is 3. The van der Waals surface area contributed by atoms with Crippen LogP contribution in [-0.2, 0) is 0 Å². The van der Waals surface area contributed by atoms with Gasteiger partial charge in [0.25, 0.3) is 0 Å². The van der Waals surface area contributed by atoms with Gasteiger partial charge in [-0.25, -0.2) is 0 Å². The highest BCUT2D eigenvalue weighted by atomic mass is 16.1. The molecule has 46 heavy (non-hydrogen) atoms. The van der Waals surface area contributed by atoms with Crippen molar-refractivity contribution in [1.82, 2.24) is 0 Å². The largest absolute Gasteiger partial charge is 0.310 e. The summed E-state index contributed by atoms with van der Waals surface area (Å²) in [7, 11) is 0. The first-order valence-corrected chi connectivity index (χ1v) is 15.7. The molecular formula is C44H31NO. The van der Waals surface area contributed by atoms with Gasteiger partial charge in [-0.05, 0) is 80.9 Å². The van der Waals surface area contributed by atoms with Crippen molar-refractivity contribution in [2.24, 2.45) is 0 Å². The molecular weight excluding hydrogens is 558 g/mol. The number of hydrogen-bond donors (Lipinski definition) is 0. The molecule has 0 radical (unpaired) electrons. The highest BCUT2D eigenvalue weighted by molar-refractivity contribution is 6.11. The zero-order valence-corrected chi connectivity index (χ0v) is 25.3. The molecule has 218 valence electrons. The van der Waals surface area contributed by atoms with E-state index < -0.39 is 0 Å². The maximum atomic E-state index is 14.0. The average Bonchev–Trinajstić information content (AvgIpc) is 3.13. The summed E-state index contributed by atoms with van der Waals surface area (Å²) >= 11 is 0. The van der Waals surface area contributed by atoms with Crippen molar-refractivity contribution >= 4 is 22.8 Å². The Hall–Kier alpha value is -5.99. The monoisotopic (exact) mass is 589 g/mol. The molecule has 1 aliphatic rings. The van der Waals surface area contributed by atoms with Crippen molar-refractivity contribution in [2.45, 2.75) is 5.92 Å². The maximum absolute atomic E-state index is 14.0. The van der Waals surface area contributed by atoms with E-state index in [1.807, 2.05) is 36.4 Å². The van der Waals surface area contributed by atoms with Gasteiger partial charge in [0.15, 0.2) is 5.78 Å². The third kappa shape index (κ3) is 5.00. The first-order valence-electron chi connectivity index (χ1n) is 15.7. The maximum Gasteiger partial charge on any atom is 0.175 e. The molecule has 1 unspecified atom stereocenters. The molecule has 0 amide bonds. The van der Waals surface area contributed by atoms with E-state index in [0.717, 1.165) is 56.0 Å². The number of carbonyl (C=O) groups is 1. The molecule has 0 N–H and O–H groups in total. The Bertz CT molecular complexity index is 2080. The van der Waals surface area contributed by atoms with Crippen LogP contribution < -0.4 is 4.90 Å². The summed E-state index contributed by atoms with van der Waals surface area (Å²) in [5.74, 6) is -0.207. The number of fused-ring (bicyclic) bond motifs is 3. The number of ketones is 1. The van der Waals surface area contributed by atoms with E-state index in [1.54, 1.807) is 0 Å². The van der Waals surface area contributed by atoms with Gasteiger partial charge in [-0.15, -0.1) is 0 Å². The second-order valence-corrected chi connectivity index (χ2v) is 11.7. The average molecular weight is 590 g/mol. The summed E-state index contributed by atoms with van der Waals surface area (Å²) in [6.45, 7) is 0. The van der Waals surface area contributed by atoms with Crippen molar-refractivity contribution in [3.05, 3.63) is 199 Å². The van der Waals surface area contributed by atoms with Crippen LogP contribution >= 0.6 is 0 Å². The lowest BCUT2D eigenvalue weighted by atomic mass is 9.75. The fraction of sp³-hybridized carbons (Fsp3) is 0.0227. The molecule has 1 aliphatic carbocycles. The van der Waals surface area contributed by atoms with E-state index in [9.17, 15) is 4.79 Å². The molecule has 8 rings (SSSR count). The lowest BCUT2D eigenvalue weighted by Gasteiger charge is -2.29. The summed E-state index contributed by atoms with van der Waals surface area (Å²) in [6, 6.07) is 63.2. The van der Waals surface area contributed by atoms with Crippen LogP contribution in [0.15, 0.2) is 182 Å². The van der Waals surface area contributed by atoms with E-state index in [4.69, 9.17) is 0 Å². The number of hydrogen-bond acceptors (Lipinski definition) is 2. The van der Waals surface area contributed by atoms with Crippen molar-refractivity contribution < 1.29 is 4.79 Å². The molecule has 2 heteroatoms. The van der Waals surface area contributed by atoms with Gasteiger partial charge in [-0.3, -0.25) is 4.79 Å². The standard InChI is InChI=1S/C44H31NO/c46-44-42-24-10-8-22-40(42)39-21-7-9-23-41(39)43(44)33-25-27-36(28-26-33)45(37-19-11-17-34(29-37)31-13-3-1-4-14-31)38-20-12-18-35(30-38)32-15-5-2-6-16-32/h1-30,43H. The van der Waals surface area contributed by atoms with Gasteiger partial charge in [0.1, 0.15) is 0 Å². The van der Waals surface area contributed by atoms with E-state index in [0.29, 0.717) is 0 Å². The molecule has 0 saturated heterocycles. The summed E-state index contributed by atoms with van der Waals surface area (Å²) in [6.07, 6.45) is 0. The number of carbonyl (C=O) groups excluding carboxylic acids is 1. The number of rotatable bonds is 6. The number of Topliss-reactive ketones (excluding diaryl/α,β-unsaturated/α-hetero) is 1. The molecule has 7 aromatic rings. The summed E-state index contributed by atoms with van der Waals surface area (Å²) in [5, 5.41) is 0. The second-order valence-electron chi connectivity index (χ2n) is 11.7. The third-order valence-electron chi connectivity index (χ3n) is 8.92. The molecule has 0 fully saturated rings. The molecule has 2 nitrogen and oxygen atoms in total. The van der Waals surface area contributed by atoms with Crippen molar-refractivity contribution in [3.8, 4) is 33.4 Å². The summed E-state index contributed by atoms with van der Waals surface area (Å²) in [4.78, 5) is 16.3. The molecule has 0 aromatic heterocycles. The zero-order chi connectivity index (χ0) is 30.9. The SMILES string of the molecule is O=C1c2ccccc2-c2ccccc2C1c1ccc(N(c2cccc(-c3ccccc3)c2)c2cccc(-c3ccccc3)c2)cc1. The van der Waals surface area contributed by atoms with E-state index in [2.05, 4.69) is 150 Å². The third-order valence-corrected chi connectivity index (χ3v) is 8.92. The molecule has 0 heterocycles. The Morgan fingerprint density at radius 1 is 0.370 bits per heavy atom. The molecule has 0 saturated carbocycles. The molecule has 7 aromatic carbocycles. The van der Waals surface area contributed by atoms with Crippen LogP contribution in [0.5, 0.6) is 0 Å². The minimum absolute atomic E-state index is 0.144. The molecule has 1 atom stereocenters. The van der Waals surface area contributed by atoms with Crippen LogP contribution in [0.2, 0.25) is 0 Å². The van der Waals surface area contributed by atoms with Gasteiger partial charge >= 0.3 is 0 Å². The Balaban J connectivity index is 1.23. The van der Waals surface area contributed by atoms with Crippen molar-refractivity contribution in [3.63, 3.8) is 0 Å². The topological polar surface area (TPSA) is 20.3 Å². The van der Waals surface area contributed by atoms with Crippen LogP contribution in [0.4, 0.5) is 17.1 Å². The minimum atomic E-state index is -0.351. The fourth-order valence-corrected chi connectivity index (χ4v) is 6.73. The second kappa shape index (κ2) is 11.8. The van der Waals surface area contributed by atoms with Crippen LogP contribution in [0, 0.1) is 0 Å². The minimum Gasteiger partial charge on any atom is -0.310 e. The molecule has 0 spiro atoms. The molecule has 0 bridgehead atoms.